The number of benzene rings is 2. The summed E-state index contributed by atoms with van der Waals surface area (Å²) in [5.74, 6) is 0.525. The fourth-order valence-electron chi connectivity index (χ4n) is 4.14. The number of carbonyl (C=O) groups excluding carboxylic acids is 1. The number of amides is 2. The Hall–Kier alpha value is -4.22. The lowest BCUT2D eigenvalue weighted by Gasteiger charge is -2.31. The third-order valence-corrected chi connectivity index (χ3v) is 6.16. The summed E-state index contributed by atoms with van der Waals surface area (Å²) in [5, 5.41) is 14.5. The van der Waals surface area contributed by atoms with Crippen molar-refractivity contribution in [3.8, 4) is 11.3 Å². The molecule has 5 rings (SSSR count). The standard InChI is InChI=1S/C26H28N6O5/c33-24(34)19-3-7-21(8-4-19)28-26(35)27-20-5-1-18(2-6-20)22-17-23(31-9-13-36-14-10-31)30-25(29-22)32-11-15-37-16-12-32/h1-8,17H,9-16H2,(H,33,34)(H2,27,28,35). The first kappa shape index (κ1) is 24.5. The molecule has 2 saturated heterocycles. The summed E-state index contributed by atoms with van der Waals surface area (Å²) in [4.78, 5) is 37.4. The summed E-state index contributed by atoms with van der Waals surface area (Å²) >= 11 is 0. The number of carbonyl (C=O) groups is 2. The van der Waals surface area contributed by atoms with Crippen LogP contribution in [-0.2, 0) is 9.47 Å². The van der Waals surface area contributed by atoms with Gasteiger partial charge in [0.2, 0.25) is 5.95 Å². The van der Waals surface area contributed by atoms with Crippen LogP contribution in [0.4, 0.5) is 27.9 Å². The van der Waals surface area contributed by atoms with Gasteiger partial charge in [-0.2, -0.15) is 4.98 Å². The van der Waals surface area contributed by atoms with E-state index < -0.39 is 12.0 Å². The Kier molecular flexibility index (Phi) is 7.43. The summed E-state index contributed by atoms with van der Waals surface area (Å²) in [6.45, 7) is 5.65. The largest absolute Gasteiger partial charge is 0.478 e. The van der Waals surface area contributed by atoms with Crippen molar-refractivity contribution in [2.45, 2.75) is 0 Å². The van der Waals surface area contributed by atoms with Gasteiger partial charge in [0.05, 0.1) is 37.7 Å². The highest BCUT2D eigenvalue weighted by molar-refractivity contribution is 6.00. The second kappa shape index (κ2) is 11.2. The van der Waals surface area contributed by atoms with Crippen molar-refractivity contribution >= 4 is 35.1 Å². The van der Waals surface area contributed by atoms with Crippen molar-refractivity contribution in [2.75, 3.05) is 73.0 Å². The number of hydrogen-bond acceptors (Lipinski definition) is 8. The van der Waals surface area contributed by atoms with Gasteiger partial charge in [-0.25, -0.2) is 14.6 Å². The molecule has 0 spiro atoms. The summed E-state index contributed by atoms with van der Waals surface area (Å²) in [6, 6.07) is 15.0. The molecule has 2 aliphatic heterocycles. The molecule has 37 heavy (non-hydrogen) atoms. The van der Waals surface area contributed by atoms with Gasteiger partial charge in [-0.3, -0.25) is 0 Å². The van der Waals surface area contributed by atoms with E-state index in [2.05, 4.69) is 20.4 Å². The Balaban J connectivity index is 1.31. The molecule has 0 bridgehead atoms. The number of hydrogen-bond donors (Lipinski definition) is 3. The van der Waals surface area contributed by atoms with Crippen molar-refractivity contribution in [3.63, 3.8) is 0 Å². The topological polar surface area (TPSA) is 129 Å². The van der Waals surface area contributed by atoms with Crippen LogP contribution >= 0.6 is 0 Å². The molecule has 192 valence electrons. The number of rotatable bonds is 6. The first-order chi connectivity index (χ1) is 18.0. The minimum Gasteiger partial charge on any atom is -0.478 e. The second-order valence-corrected chi connectivity index (χ2v) is 8.65. The van der Waals surface area contributed by atoms with Crippen molar-refractivity contribution in [1.82, 2.24) is 9.97 Å². The number of anilines is 4. The summed E-state index contributed by atoms with van der Waals surface area (Å²) < 4.78 is 11.0. The smallest absolute Gasteiger partial charge is 0.335 e. The molecule has 0 atom stereocenters. The van der Waals surface area contributed by atoms with Crippen LogP contribution in [0.15, 0.2) is 54.6 Å². The van der Waals surface area contributed by atoms with E-state index in [1.54, 1.807) is 12.1 Å². The predicted octanol–water partition coefficient (Wildman–Crippen LogP) is 3.16. The quantitative estimate of drug-likeness (QED) is 0.464. The van der Waals surface area contributed by atoms with Gasteiger partial charge in [0, 0.05) is 49.2 Å². The average Bonchev–Trinajstić information content (AvgIpc) is 2.94. The highest BCUT2D eigenvalue weighted by Gasteiger charge is 2.20. The van der Waals surface area contributed by atoms with Gasteiger partial charge in [-0.1, -0.05) is 12.1 Å². The average molecular weight is 505 g/mol. The first-order valence-electron chi connectivity index (χ1n) is 12.1. The number of nitrogens with one attached hydrogen (secondary N) is 2. The normalized spacial score (nSPS) is 15.8. The first-order valence-corrected chi connectivity index (χ1v) is 12.1. The number of aromatic nitrogens is 2. The van der Waals surface area contributed by atoms with Gasteiger partial charge in [-0.05, 0) is 36.4 Å². The lowest BCUT2D eigenvalue weighted by molar-refractivity contribution is 0.0697. The van der Waals surface area contributed by atoms with Gasteiger partial charge < -0.3 is 35.0 Å². The molecule has 0 saturated carbocycles. The minimum atomic E-state index is -1.02. The van der Waals surface area contributed by atoms with E-state index in [1.165, 1.54) is 12.1 Å². The maximum absolute atomic E-state index is 12.4. The monoisotopic (exact) mass is 504 g/mol. The van der Waals surface area contributed by atoms with Gasteiger partial charge in [0.15, 0.2) is 0 Å². The Morgan fingerprint density at radius 3 is 1.86 bits per heavy atom. The van der Waals surface area contributed by atoms with Crippen molar-refractivity contribution in [3.05, 3.63) is 60.2 Å². The molecule has 11 heteroatoms. The van der Waals surface area contributed by atoms with Gasteiger partial charge in [-0.15, -0.1) is 0 Å². The van der Waals surface area contributed by atoms with Crippen molar-refractivity contribution in [1.29, 1.82) is 0 Å². The maximum atomic E-state index is 12.4. The Labute approximate surface area is 214 Å². The number of ether oxygens (including phenoxy) is 2. The van der Waals surface area contributed by atoms with Gasteiger partial charge in [0.1, 0.15) is 5.82 Å². The van der Waals surface area contributed by atoms with E-state index in [4.69, 9.17) is 24.5 Å². The molecule has 2 aromatic carbocycles. The zero-order chi connectivity index (χ0) is 25.6. The molecular formula is C26H28N6O5. The molecule has 3 heterocycles. The summed E-state index contributed by atoms with van der Waals surface area (Å²) in [6.07, 6.45) is 0. The number of morpholine rings is 2. The minimum absolute atomic E-state index is 0.153. The predicted molar refractivity (Wildman–Crippen MR) is 140 cm³/mol. The van der Waals surface area contributed by atoms with E-state index in [1.807, 2.05) is 30.3 Å². The van der Waals surface area contributed by atoms with Crippen LogP contribution in [0.1, 0.15) is 10.4 Å². The summed E-state index contributed by atoms with van der Waals surface area (Å²) in [7, 11) is 0. The van der Waals surface area contributed by atoms with E-state index in [9.17, 15) is 9.59 Å². The fourth-order valence-corrected chi connectivity index (χ4v) is 4.14. The van der Waals surface area contributed by atoms with Crippen LogP contribution < -0.4 is 20.4 Å². The Bertz CT molecular complexity index is 1200. The molecule has 3 aromatic rings. The van der Waals surface area contributed by atoms with E-state index in [-0.39, 0.29) is 5.56 Å². The lowest BCUT2D eigenvalue weighted by atomic mass is 10.1. The Morgan fingerprint density at radius 2 is 1.30 bits per heavy atom. The lowest BCUT2D eigenvalue weighted by Crippen LogP contribution is -2.39. The second-order valence-electron chi connectivity index (χ2n) is 8.65. The van der Waals surface area contributed by atoms with Crippen molar-refractivity contribution in [2.24, 2.45) is 0 Å². The maximum Gasteiger partial charge on any atom is 0.335 e. The number of carboxylic acid groups (broad SMARTS) is 1. The van der Waals surface area contributed by atoms with E-state index >= 15 is 0 Å². The number of urea groups is 1. The number of aromatic carboxylic acids is 1. The highest BCUT2D eigenvalue weighted by atomic mass is 16.5. The van der Waals surface area contributed by atoms with Crippen LogP contribution in [0, 0.1) is 0 Å². The van der Waals surface area contributed by atoms with Crippen LogP contribution in [0.5, 0.6) is 0 Å². The zero-order valence-corrected chi connectivity index (χ0v) is 20.2. The van der Waals surface area contributed by atoms with Crippen LogP contribution in [0.3, 0.4) is 0 Å². The summed E-state index contributed by atoms with van der Waals surface area (Å²) in [5.41, 5.74) is 2.96. The zero-order valence-electron chi connectivity index (χ0n) is 20.2. The molecular weight excluding hydrogens is 476 g/mol. The molecule has 11 nitrogen and oxygen atoms in total. The van der Waals surface area contributed by atoms with Crippen LogP contribution in [0.2, 0.25) is 0 Å². The third-order valence-electron chi connectivity index (χ3n) is 6.16. The molecule has 2 amide bonds. The SMILES string of the molecule is O=C(Nc1ccc(C(=O)O)cc1)Nc1ccc(-c2cc(N3CCOCC3)nc(N3CCOCC3)n2)cc1. The highest BCUT2D eigenvalue weighted by Crippen LogP contribution is 2.27. The van der Waals surface area contributed by atoms with E-state index in [0.29, 0.717) is 43.8 Å². The fraction of sp³-hybridized carbons (Fsp3) is 0.308. The molecule has 1 aromatic heterocycles. The van der Waals surface area contributed by atoms with Gasteiger partial charge in [0.25, 0.3) is 0 Å². The Morgan fingerprint density at radius 1 is 0.757 bits per heavy atom. The van der Waals surface area contributed by atoms with Gasteiger partial charge >= 0.3 is 12.0 Å². The molecule has 3 N–H and O–H groups in total. The molecule has 0 unspecified atom stereocenters. The molecule has 2 aliphatic rings. The molecule has 0 radical (unpaired) electrons. The molecule has 0 aliphatic carbocycles. The molecule has 2 fully saturated rings. The third kappa shape index (κ3) is 6.13. The van der Waals surface area contributed by atoms with E-state index in [0.717, 1.165) is 43.3 Å². The van der Waals surface area contributed by atoms with Crippen LogP contribution in [-0.4, -0.2) is 79.7 Å². The number of nitrogens with zero attached hydrogens (tertiary/aromatic N) is 4. The van der Waals surface area contributed by atoms with Crippen molar-refractivity contribution < 1.29 is 24.2 Å². The number of carboxylic acids is 1. The van der Waals surface area contributed by atoms with Crippen LogP contribution in [0.25, 0.3) is 11.3 Å².